The Morgan fingerprint density at radius 1 is 0.387 bits per heavy atom. The lowest BCUT2D eigenvalue weighted by molar-refractivity contribution is 0.768. The van der Waals surface area contributed by atoms with Gasteiger partial charge in [-0.05, 0) is 87.1 Å². The highest BCUT2D eigenvalue weighted by molar-refractivity contribution is 7.27. The molecule has 1 aliphatic carbocycles. The number of rotatable bonds is 6. The fourth-order valence-electron chi connectivity index (χ4n) is 10.7. The summed E-state index contributed by atoms with van der Waals surface area (Å²) in [6.07, 6.45) is 0. The molecule has 290 valence electrons. The molecule has 2 aromatic heterocycles. The molecule has 3 heteroatoms. The van der Waals surface area contributed by atoms with Crippen molar-refractivity contribution in [1.82, 2.24) is 4.57 Å². The number of para-hydroxylation sites is 2. The van der Waals surface area contributed by atoms with Crippen molar-refractivity contribution in [1.29, 1.82) is 0 Å². The van der Waals surface area contributed by atoms with Gasteiger partial charge < -0.3 is 9.47 Å². The van der Waals surface area contributed by atoms with Gasteiger partial charge in [-0.2, -0.15) is 0 Å². The standard InChI is InChI=1S/C59H38N2S/c1-4-19-40(20-5-1)59(41-21-6-2-7-22-41)50-29-14-12-27-48(50)56-51(59)30-17-32-54(56)61(55-33-16-28-46-47-36-34-39-18-10-11-25-44(39)57(47)62-58(46)55)43-35-37-53-49(38-43)45-26-13-15-31-52(45)60(53)42-23-8-3-9-24-42/h1-38H. The third kappa shape index (κ3) is 4.91. The van der Waals surface area contributed by atoms with Crippen molar-refractivity contribution in [3.05, 3.63) is 253 Å². The summed E-state index contributed by atoms with van der Waals surface area (Å²) in [6.45, 7) is 0. The lowest BCUT2D eigenvalue weighted by atomic mass is 9.68. The van der Waals surface area contributed by atoms with E-state index < -0.39 is 5.41 Å². The van der Waals surface area contributed by atoms with E-state index in [0.29, 0.717) is 0 Å². The third-order valence-corrected chi connectivity index (χ3v) is 14.5. The van der Waals surface area contributed by atoms with Gasteiger partial charge in [-0.1, -0.05) is 182 Å². The summed E-state index contributed by atoms with van der Waals surface area (Å²) < 4.78 is 5.00. The minimum absolute atomic E-state index is 0.522. The molecule has 0 saturated heterocycles. The number of thiophene rings is 1. The first-order chi connectivity index (χ1) is 30.8. The monoisotopic (exact) mass is 806 g/mol. The van der Waals surface area contributed by atoms with Crippen molar-refractivity contribution < 1.29 is 0 Å². The SMILES string of the molecule is c1ccc(-n2c3ccccc3c3cc(N(c4cccc5c4-c4ccccc4C5(c4ccccc4)c4ccccc4)c4cccc5c4sc4c6ccccc6ccc54)ccc32)cc1. The van der Waals surface area contributed by atoms with Crippen LogP contribution in [0.5, 0.6) is 0 Å². The Hall–Kier alpha value is -7.72. The molecule has 0 atom stereocenters. The van der Waals surface area contributed by atoms with E-state index in [0.717, 1.165) is 17.1 Å². The van der Waals surface area contributed by atoms with Crippen LogP contribution < -0.4 is 4.90 Å². The van der Waals surface area contributed by atoms with Crippen LogP contribution >= 0.6 is 11.3 Å². The first kappa shape index (κ1) is 35.1. The molecule has 13 rings (SSSR count). The van der Waals surface area contributed by atoms with Crippen molar-refractivity contribution in [2.24, 2.45) is 0 Å². The Bertz CT molecular complexity index is 3660. The van der Waals surface area contributed by atoms with Gasteiger partial charge in [0.05, 0.1) is 32.5 Å². The summed E-state index contributed by atoms with van der Waals surface area (Å²) in [4.78, 5) is 2.57. The van der Waals surface area contributed by atoms with Crippen molar-refractivity contribution in [3.8, 4) is 16.8 Å². The Labute approximate surface area is 363 Å². The second-order valence-corrected chi connectivity index (χ2v) is 17.4. The number of benzene rings is 10. The molecule has 0 spiro atoms. The van der Waals surface area contributed by atoms with E-state index in [-0.39, 0.29) is 0 Å². The van der Waals surface area contributed by atoms with Gasteiger partial charge in [0.25, 0.3) is 0 Å². The Morgan fingerprint density at radius 2 is 0.984 bits per heavy atom. The second kappa shape index (κ2) is 13.7. The number of hydrogen-bond donors (Lipinski definition) is 0. The molecule has 0 unspecified atom stereocenters. The van der Waals surface area contributed by atoms with Crippen LogP contribution in [0.1, 0.15) is 22.3 Å². The zero-order valence-electron chi connectivity index (χ0n) is 33.7. The van der Waals surface area contributed by atoms with Crippen LogP contribution in [0, 0.1) is 0 Å². The van der Waals surface area contributed by atoms with E-state index in [9.17, 15) is 0 Å². The fraction of sp³-hybridized carbons (Fsp3) is 0.0169. The highest BCUT2D eigenvalue weighted by Crippen LogP contribution is 2.60. The summed E-state index contributed by atoms with van der Waals surface area (Å²) >= 11 is 1.91. The normalized spacial score (nSPS) is 13.0. The lowest BCUT2D eigenvalue weighted by Gasteiger charge is -2.34. The molecule has 0 bridgehead atoms. The van der Waals surface area contributed by atoms with Gasteiger partial charge in [0.15, 0.2) is 0 Å². The molecule has 2 heterocycles. The van der Waals surface area contributed by atoms with Crippen LogP contribution in [-0.2, 0) is 5.41 Å². The molecule has 1 aliphatic rings. The average Bonchev–Trinajstić information content (AvgIpc) is 4.00. The predicted octanol–water partition coefficient (Wildman–Crippen LogP) is 16.1. The van der Waals surface area contributed by atoms with Crippen LogP contribution in [0.4, 0.5) is 17.1 Å². The van der Waals surface area contributed by atoms with E-state index in [4.69, 9.17) is 0 Å². The summed E-state index contributed by atoms with van der Waals surface area (Å²) in [5.74, 6) is 0. The van der Waals surface area contributed by atoms with E-state index in [1.165, 1.54) is 91.8 Å². The Balaban J connectivity index is 1.15. The second-order valence-electron chi connectivity index (χ2n) is 16.4. The number of fused-ring (bicyclic) bond motifs is 11. The van der Waals surface area contributed by atoms with E-state index >= 15 is 0 Å². The van der Waals surface area contributed by atoms with Crippen LogP contribution in [0.3, 0.4) is 0 Å². The van der Waals surface area contributed by atoms with Crippen LogP contribution in [0.15, 0.2) is 231 Å². The van der Waals surface area contributed by atoms with Crippen LogP contribution in [0.2, 0.25) is 0 Å². The van der Waals surface area contributed by atoms with Crippen LogP contribution in [-0.4, -0.2) is 4.57 Å². The molecule has 0 aliphatic heterocycles. The molecule has 0 amide bonds. The van der Waals surface area contributed by atoms with Crippen molar-refractivity contribution in [2.75, 3.05) is 4.90 Å². The number of nitrogens with zero attached hydrogens (tertiary/aromatic N) is 2. The zero-order valence-corrected chi connectivity index (χ0v) is 34.6. The maximum absolute atomic E-state index is 2.57. The fourth-order valence-corrected chi connectivity index (χ4v) is 12.1. The van der Waals surface area contributed by atoms with E-state index in [1.807, 2.05) is 11.3 Å². The van der Waals surface area contributed by atoms with Gasteiger partial charge in [0, 0.05) is 43.2 Å². The van der Waals surface area contributed by atoms with Gasteiger partial charge in [0.1, 0.15) is 0 Å². The van der Waals surface area contributed by atoms with Crippen molar-refractivity contribution in [3.63, 3.8) is 0 Å². The molecule has 2 nitrogen and oxygen atoms in total. The van der Waals surface area contributed by atoms with Gasteiger partial charge in [-0.3, -0.25) is 0 Å². The minimum Gasteiger partial charge on any atom is -0.309 e. The van der Waals surface area contributed by atoms with Gasteiger partial charge in [-0.15, -0.1) is 11.3 Å². The maximum atomic E-state index is 2.57. The first-order valence-corrected chi connectivity index (χ1v) is 22.2. The smallest absolute Gasteiger partial charge is 0.0714 e. The largest absolute Gasteiger partial charge is 0.309 e. The highest BCUT2D eigenvalue weighted by atomic mass is 32.1. The van der Waals surface area contributed by atoms with Crippen molar-refractivity contribution >= 4 is 81.1 Å². The quantitative estimate of drug-likeness (QED) is 0.162. The predicted molar refractivity (Wildman–Crippen MR) is 263 cm³/mol. The van der Waals surface area contributed by atoms with E-state index in [1.54, 1.807) is 0 Å². The third-order valence-electron chi connectivity index (χ3n) is 13.2. The van der Waals surface area contributed by atoms with E-state index in [2.05, 4.69) is 240 Å². The molecule has 62 heavy (non-hydrogen) atoms. The molecule has 10 aromatic carbocycles. The molecular formula is C59H38N2S. The summed E-state index contributed by atoms with van der Waals surface area (Å²) in [5, 5.41) is 7.58. The summed E-state index contributed by atoms with van der Waals surface area (Å²) in [5.41, 5.74) is 14.1. The zero-order chi connectivity index (χ0) is 40.8. The van der Waals surface area contributed by atoms with Crippen LogP contribution in [0.25, 0.3) is 69.6 Å². The maximum Gasteiger partial charge on any atom is 0.0714 e. The van der Waals surface area contributed by atoms with Crippen molar-refractivity contribution in [2.45, 2.75) is 5.41 Å². The van der Waals surface area contributed by atoms with Gasteiger partial charge in [-0.25, -0.2) is 0 Å². The number of aromatic nitrogens is 1. The molecular weight excluding hydrogens is 769 g/mol. The molecule has 0 saturated carbocycles. The number of anilines is 3. The molecule has 0 fully saturated rings. The highest BCUT2D eigenvalue weighted by Gasteiger charge is 2.47. The minimum atomic E-state index is -0.522. The average molecular weight is 807 g/mol. The molecule has 0 radical (unpaired) electrons. The molecule has 0 N–H and O–H groups in total. The first-order valence-electron chi connectivity index (χ1n) is 21.4. The lowest BCUT2D eigenvalue weighted by Crippen LogP contribution is -2.28. The molecule has 12 aromatic rings. The topological polar surface area (TPSA) is 8.17 Å². The summed E-state index contributed by atoms with van der Waals surface area (Å²) in [6, 6.07) is 85.3. The summed E-state index contributed by atoms with van der Waals surface area (Å²) in [7, 11) is 0. The Kier molecular flexibility index (Phi) is 7.72. The van der Waals surface area contributed by atoms with Gasteiger partial charge in [0.2, 0.25) is 0 Å². The Morgan fingerprint density at radius 3 is 1.79 bits per heavy atom. The number of hydrogen-bond acceptors (Lipinski definition) is 2. The van der Waals surface area contributed by atoms with Gasteiger partial charge >= 0.3 is 0 Å².